The van der Waals surface area contributed by atoms with Crippen LogP contribution in [0.5, 0.6) is 5.75 Å². The molecule has 1 heterocycles. The fourth-order valence-corrected chi connectivity index (χ4v) is 4.10. The van der Waals surface area contributed by atoms with Crippen LogP contribution in [0.4, 0.5) is 0 Å². The van der Waals surface area contributed by atoms with E-state index in [9.17, 15) is 4.79 Å². The summed E-state index contributed by atoms with van der Waals surface area (Å²) in [5.41, 5.74) is 2.33. The van der Waals surface area contributed by atoms with E-state index in [0.29, 0.717) is 11.8 Å². The molecule has 1 aromatic carbocycles. The van der Waals surface area contributed by atoms with E-state index in [0.717, 1.165) is 35.1 Å². The number of rotatable bonds is 7. The number of aromatic nitrogens is 3. The van der Waals surface area contributed by atoms with Crippen LogP contribution in [0.2, 0.25) is 0 Å². The van der Waals surface area contributed by atoms with Crippen molar-refractivity contribution in [2.45, 2.75) is 63.8 Å². The number of carbonyl (C=O) groups is 1. The van der Waals surface area contributed by atoms with Crippen molar-refractivity contribution in [2.24, 2.45) is 7.05 Å². The molecule has 1 atom stereocenters. The van der Waals surface area contributed by atoms with Gasteiger partial charge in [0.05, 0.1) is 5.75 Å². The average Bonchev–Trinajstić information content (AvgIpc) is 3.27. The molecule has 6 nitrogen and oxygen atoms in total. The molecule has 1 aliphatic rings. The summed E-state index contributed by atoms with van der Waals surface area (Å²) in [5, 5.41) is 12.3. The summed E-state index contributed by atoms with van der Waals surface area (Å²) in [6.07, 6.45) is 4.38. The minimum absolute atomic E-state index is 0.0659. The summed E-state index contributed by atoms with van der Waals surface area (Å²) >= 11 is 1.41. The maximum absolute atomic E-state index is 12.1. The first-order valence-corrected chi connectivity index (χ1v) is 10.5. The highest BCUT2D eigenvalue weighted by atomic mass is 32.2. The highest BCUT2D eigenvalue weighted by Gasteiger charge is 2.20. The molecule has 146 valence electrons. The number of benzene rings is 1. The van der Waals surface area contributed by atoms with Gasteiger partial charge in [0.25, 0.3) is 0 Å². The largest absolute Gasteiger partial charge is 0.482 e. The van der Waals surface area contributed by atoms with Gasteiger partial charge in [-0.1, -0.05) is 36.7 Å². The van der Waals surface area contributed by atoms with Gasteiger partial charge in [0.2, 0.25) is 5.91 Å². The Hall–Kier alpha value is -2.02. The Morgan fingerprint density at radius 1 is 1.33 bits per heavy atom. The second-order valence-electron chi connectivity index (χ2n) is 7.20. The first kappa shape index (κ1) is 19.7. The molecule has 0 bridgehead atoms. The molecule has 1 aliphatic carbocycles. The number of amides is 1. The molecule has 0 saturated heterocycles. The normalized spacial score (nSPS) is 15.7. The van der Waals surface area contributed by atoms with Crippen LogP contribution in [0.1, 0.15) is 55.7 Å². The second kappa shape index (κ2) is 8.78. The molecular formula is C20H28N4O2S. The lowest BCUT2D eigenvalue weighted by atomic mass is 10.1. The van der Waals surface area contributed by atoms with Crippen LogP contribution in [-0.4, -0.2) is 32.5 Å². The number of aryl methyl sites for hydroxylation is 1. The van der Waals surface area contributed by atoms with Crippen molar-refractivity contribution in [3.8, 4) is 5.75 Å². The van der Waals surface area contributed by atoms with E-state index >= 15 is 0 Å². The van der Waals surface area contributed by atoms with E-state index in [1.807, 2.05) is 30.7 Å². The number of nitrogens with one attached hydrogen (secondary N) is 1. The van der Waals surface area contributed by atoms with Crippen molar-refractivity contribution in [3.63, 3.8) is 0 Å². The minimum Gasteiger partial charge on any atom is -0.482 e. The predicted molar refractivity (Wildman–Crippen MR) is 107 cm³/mol. The first-order valence-electron chi connectivity index (χ1n) is 9.50. The maximum atomic E-state index is 12.1. The van der Waals surface area contributed by atoms with Crippen LogP contribution in [0.3, 0.4) is 0 Å². The van der Waals surface area contributed by atoms with Gasteiger partial charge in [-0.05, 0) is 50.8 Å². The van der Waals surface area contributed by atoms with Gasteiger partial charge in [-0.3, -0.25) is 4.79 Å². The number of carbonyl (C=O) groups excluding carboxylic acids is 1. The number of nitrogens with zero attached hydrogens (tertiary/aromatic N) is 3. The molecule has 27 heavy (non-hydrogen) atoms. The highest BCUT2D eigenvalue weighted by Crippen LogP contribution is 2.27. The standard InChI is InChI=1S/C20H28N4O2S/c1-13-8-7-11-17(14(13)2)26-15(3)19-22-23-20(24(19)4)27-12-18(25)21-16-9-5-6-10-16/h7-8,11,15-16H,5-6,9-10,12H2,1-4H3,(H,21,25). The van der Waals surface area contributed by atoms with Crippen LogP contribution < -0.4 is 10.1 Å². The molecule has 1 fully saturated rings. The monoisotopic (exact) mass is 388 g/mol. The van der Waals surface area contributed by atoms with Crippen LogP contribution in [-0.2, 0) is 11.8 Å². The van der Waals surface area contributed by atoms with Gasteiger partial charge in [-0.15, -0.1) is 10.2 Å². The van der Waals surface area contributed by atoms with Crippen molar-refractivity contribution >= 4 is 17.7 Å². The number of hydrogen-bond donors (Lipinski definition) is 1. The van der Waals surface area contributed by atoms with Gasteiger partial charge in [0.1, 0.15) is 5.75 Å². The van der Waals surface area contributed by atoms with E-state index in [1.165, 1.54) is 30.2 Å². The van der Waals surface area contributed by atoms with Crippen LogP contribution in [0.25, 0.3) is 0 Å². The molecule has 1 unspecified atom stereocenters. The first-order chi connectivity index (χ1) is 13.0. The van der Waals surface area contributed by atoms with Crippen molar-refractivity contribution in [1.82, 2.24) is 20.1 Å². The van der Waals surface area contributed by atoms with Crippen molar-refractivity contribution in [1.29, 1.82) is 0 Å². The van der Waals surface area contributed by atoms with Crippen molar-refractivity contribution < 1.29 is 9.53 Å². The third-order valence-electron chi connectivity index (χ3n) is 5.14. The predicted octanol–water partition coefficient (Wildman–Crippen LogP) is 3.72. The molecule has 3 rings (SSSR count). The fourth-order valence-electron chi connectivity index (χ4n) is 3.37. The molecule has 1 aromatic heterocycles. The molecule has 2 aromatic rings. The lowest BCUT2D eigenvalue weighted by Crippen LogP contribution is -2.33. The zero-order chi connectivity index (χ0) is 19.4. The Morgan fingerprint density at radius 3 is 2.81 bits per heavy atom. The van der Waals surface area contributed by atoms with Crippen LogP contribution in [0.15, 0.2) is 23.4 Å². The van der Waals surface area contributed by atoms with E-state index in [2.05, 4.69) is 35.4 Å². The third kappa shape index (κ3) is 4.83. The third-order valence-corrected chi connectivity index (χ3v) is 6.16. The summed E-state index contributed by atoms with van der Waals surface area (Å²) in [5.74, 6) is 2.02. The topological polar surface area (TPSA) is 69.0 Å². The Labute approximate surface area is 165 Å². The summed E-state index contributed by atoms with van der Waals surface area (Å²) in [6, 6.07) is 6.38. The molecule has 1 amide bonds. The highest BCUT2D eigenvalue weighted by molar-refractivity contribution is 7.99. The van der Waals surface area contributed by atoms with E-state index in [1.54, 1.807) is 0 Å². The second-order valence-corrected chi connectivity index (χ2v) is 8.14. The van der Waals surface area contributed by atoms with Gasteiger partial charge in [-0.25, -0.2) is 0 Å². The lowest BCUT2D eigenvalue weighted by molar-refractivity contribution is -0.119. The van der Waals surface area contributed by atoms with Crippen molar-refractivity contribution in [2.75, 3.05) is 5.75 Å². The van der Waals surface area contributed by atoms with Crippen LogP contribution in [0, 0.1) is 13.8 Å². The van der Waals surface area contributed by atoms with E-state index in [-0.39, 0.29) is 12.0 Å². The van der Waals surface area contributed by atoms with E-state index in [4.69, 9.17) is 4.74 Å². The number of thioether (sulfide) groups is 1. The van der Waals surface area contributed by atoms with Gasteiger partial charge in [-0.2, -0.15) is 0 Å². The maximum Gasteiger partial charge on any atom is 0.230 e. The summed E-state index contributed by atoms with van der Waals surface area (Å²) in [4.78, 5) is 12.1. The molecule has 0 spiro atoms. The Morgan fingerprint density at radius 2 is 2.07 bits per heavy atom. The average molecular weight is 389 g/mol. The number of ether oxygens (including phenoxy) is 1. The molecule has 7 heteroatoms. The molecule has 0 radical (unpaired) electrons. The molecular weight excluding hydrogens is 360 g/mol. The van der Waals surface area contributed by atoms with E-state index < -0.39 is 0 Å². The van der Waals surface area contributed by atoms with Gasteiger partial charge < -0.3 is 14.6 Å². The van der Waals surface area contributed by atoms with Gasteiger partial charge in [0.15, 0.2) is 17.1 Å². The zero-order valence-corrected chi connectivity index (χ0v) is 17.3. The summed E-state index contributed by atoms with van der Waals surface area (Å²) in [7, 11) is 1.91. The zero-order valence-electron chi connectivity index (χ0n) is 16.5. The van der Waals surface area contributed by atoms with Crippen LogP contribution >= 0.6 is 11.8 Å². The Kier molecular flexibility index (Phi) is 6.42. The quantitative estimate of drug-likeness (QED) is 0.732. The summed E-state index contributed by atoms with van der Waals surface area (Å²) in [6.45, 7) is 6.09. The lowest BCUT2D eigenvalue weighted by Gasteiger charge is -2.17. The molecule has 1 N–H and O–H groups in total. The SMILES string of the molecule is Cc1cccc(OC(C)c2nnc(SCC(=O)NC3CCCC3)n2C)c1C. The Bertz CT molecular complexity index is 799. The smallest absolute Gasteiger partial charge is 0.230 e. The minimum atomic E-state index is -0.232. The van der Waals surface area contributed by atoms with Gasteiger partial charge >= 0.3 is 0 Å². The number of hydrogen-bond acceptors (Lipinski definition) is 5. The Balaban J connectivity index is 1.58. The fraction of sp³-hybridized carbons (Fsp3) is 0.550. The molecule has 0 aliphatic heterocycles. The van der Waals surface area contributed by atoms with Crippen molar-refractivity contribution in [3.05, 3.63) is 35.2 Å². The van der Waals surface area contributed by atoms with Gasteiger partial charge in [0, 0.05) is 13.1 Å². The molecule has 1 saturated carbocycles. The summed E-state index contributed by atoms with van der Waals surface area (Å²) < 4.78 is 8.01.